The van der Waals surface area contributed by atoms with Crippen molar-refractivity contribution in [2.24, 2.45) is 5.41 Å². The summed E-state index contributed by atoms with van der Waals surface area (Å²) in [5.74, 6) is -0.205. The highest BCUT2D eigenvalue weighted by Crippen LogP contribution is 2.57. The van der Waals surface area contributed by atoms with Gasteiger partial charge >= 0.3 is 0 Å². The Hall–Kier alpha value is -0.0800. The van der Waals surface area contributed by atoms with Gasteiger partial charge in [0.25, 0.3) is 0 Å². The highest BCUT2D eigenvalue weighted by Gasteiger charge is 2.59. The Bertz CT molecular complexity index is 179. The number of fused-ring (bicyclic) bond motifs is 1. The van der Waals surface area contributed by atoms with Crippen molar-refractivity contribution in [2.45, 2.75) is 51.2 Å². The monoisotopic (exact) mass is 184 g/mol. The van der Waals surface area contributed by atoms with Gasteiger partial charge < -0.3 is 9.47 Å². The second kappa shape index (κ2) is 3.25. The molecule has 1 heterocycles. The second-order valence-electron chi connectivity index (χ2n) is 4.44. The second-order valence-corrected chi connectivity index (χ2v) is 4.44. The molecule has 0 bridgehead atoms. The molecule has 1 saturated heterocycles. The fourth-order valence-corrected chi connectivity index (χ4v) is 3.36. The standard InChI is InChI=1S/C11H20O2/c1-3-5-10-6-4-7-11(10,12-2)13-9-8-10/h3-9H2,1-2H3. The lowest BCUT2D eigenvalue weighted by Gasteiger charge is -2.37. The summed E-state index contributed by atoms with van der Waals surface area (Å²) in [6.45, 7) is 3.15. The summed E-state index contributed by atoms with van der Waals surface area (Å²) in [6, 6.07) is 0. The van der Waals surface area contributed by atoms with Gasteiger partial charge in [-0.25, -0.2) is 0 Å². The van der Waals surface area contributed by atoms with Gasteiger partial charge in [0.05, 0.1) is 6.61 Å². The summed E-state index contributed by atoms with van der Waals surface area (Å²) < 4.78 is 11.5. The molecule has 0 amide bonds. The van der Waals surface area contributed by atoms with Crippen LogP contribution in [0.4, 0.5) is 0 Å². The van der Waals surface area contributed by atoms with Gasteiger partial charge in [0.15, 0.2) is 5.79 Å². The van der Waals surface area contributed by atoms with Crippen molar-refractivity contribution in [1.29, 1.82) is 0 Å². The number of ether oxygens (including phenoxy) is 2. The van der Waals surface area contributed by atoms with Gasteiger partial charge in [0.2, 0.25) is 0 Å². The fourth-order valence-electron chi connectivity index (χ4n) is 3.36. The predicted molar refractivity (Wildman–Crippen MR) is 51.5 cm³/mol. The zero-order valence-electron chi connectivity index (χ0n) is 8.77. The quantitative estimate of drug-likeness (QED) is 0.671. The Morgan fingerprint density at radius 2 is 2.15 bits per heavy atom. The minimum Gasteiger partial charge on any atom is -0.353 e. The molecule has 1 aliphatic heterocycles. The first-order valence-electron chi connectivity index (χ1n) is 5.48. The minimum absolute atomic E-state index is 0.205. The third-order valence-electron chi connectivity index (χ3n) is 3.94. The highest BCUT2D eigenvalue weighted by molar-refractivity contribution is 5.02. The van der Waals surface area contributed by atoms with Crippen LogP contribution >= 0.6 is 0 Å². The molecule has 13 heavy (non-hydrogen) atoms. The topological polar surface area (TPSA) is 18.5 Å². The van der Waals surface area contributed by atoms with E-state index in [-0.39, 0.29) is 5.79 Å². The molecule has 2 rings (SSSR count). The molecule has 2 atom stereocenters. The molecule has 0 aromatic heterocycles. The average Bonchev–Trinajstić information content (AvgIpc) is 2.59. The van der Waals surface area contributed by atoms with Crippen LogP contribution in [0.1, 0.15) is 45.4 Å². The molecule has 2 aliphatic rings. The van der Waals surface area contributed by atoms with Crippen LogP contribution in [0.25, 0.3) is 0 Å². The van der Waals surface area contributed by atoms with Crippen molar-refractivity contribution in [1.82, 2.24) is 0 Å². The van der Waals surface area contributed by atoms with Gasteiger partial charge in [-0.15, -0.1) is 0 Å². The Morgan fingerprint density at radius 1 is 1.31 bits per heavy atom. The molecular formula is C11H20O2. The molecule has 2 nitrogen and oxygen atoms in total. The minimum atomic E-state index is -0.205. The number of hydrogen-bond acceptors (Lipinski definition) is 2. The number of methoxy groups -OCH3 is 1. The maximum Gasteiger partial charge on any atom is 0.173 e. The summed E-state index contributed by atoms with van der Waals surface area (Å²) in [7, 11) is 1.81. The first-order chi connectivity index (χ1) is 6.29. The number of hydrogen-bond donors (Lipinski definition) is 0. The van der Waals surface area contributed by atoms with E-state index in [1.165, 1.54) is 32.1 Å². The summed E-state index contributed by atoms with van der Waals surface area (Å²) in [5, 5.41) is 0. The van der Waals surface area contributed by atoms with Crippen molar-refractivity contribution in [3.05, 3.63) is 0 Å². The maximum atomic E-state index is 5.85. The third kappa shape index (κ3) is 1.15. The summed E-state index contributed by atoms with van der Waals surface area (Å²) in [4.78, 5) is 0. The van der Waals surface area contributed by atoms with Crippen LogP contribution in [0.2, 0.25) is 0 Å². The predicted octanol–water partition coefficient (Wildman–Crippen LogP) is 2.72. The Morgan fingerprint density at radius 3 is 2.85 bits per heavy atom. The molecule has 1 aliphatic carbocycles. The normalized spacial score (nSPS) is 43.8. The molecule has 0 spiro atoms. The maximum absolute atomic E-state index is 5.85. The molecule has 0 radical (unpaired) electrons. The molecule has 2 heteroatoms. The van der Waals surface area contributed by atoms with Crippen LogP contribution in [-0.2, 0) is 9.47 Å². The van der Waals surface area contributed by atoms with Crippen LogP contribution in [0.3, 0.4) is 0 Å². The van der Waals surface area contributed by atoms with E-state index in [4.69, 9.17) is 9.47 Å². The molecule has 0 aromatic carbocycles. The lowest BCUT2D eigenvalue weighted by Crippen LogP contribution is -2.42. The zero-order chi connectivity index (χ0) is 9.36. The average molecular weight is 184 g/mol. The summed E-state index contributed by atoms with van der Waals surface area (Å²) in [5.41, 5.74) is 0.358. The van der Waals surface area contributed by atoms with Crippen molar-refractivity contribution in [3.8, 4) is 0 Å². The highest BCUT2D eigenvalue weighted by atomic mass is 16.7. The van der Waals surface area contributed by atoms with Gasteiger partial charge in [-0.1, -0.05) is 13.3 Å². The molecule has 1 saturated carbocycles. The summed E-state index contributed by atoms with van der Waals surface area (Å²) >= 11 is 0. The summed E-state index contributed by atoms with van der Waals surface area (Å²) in [6.07, 6.45) is 7.38. The van der Waals surface area contributed by atoms with E-state index in [1.54, 1.807) is 7.11 Å². The van der Waals surface area contributed by atoms with Crippen LogP contribution < -0.4 is 0 Å². The molecule has 2 fully saturated rings. The van der Waals surface area contributed by atoms with Crippen LogP contribution in [-0.4, -0.2) is 19.5 Å². The van der Waals surface area contributed by atoms with Crippen LogP contribution in [0.5, 0.6) is 0 Å². The Balaban J connectivity index is 2.22. The molecule has 76 valence electrons. The number of rotatable bonds is 3. The first-order valence-corrected chi connectivity index (χ1v) is 5.48. The Labute approximate surface area is 80.6 Å². The van der Waals surface area contributed by atoms with E-state index in [0.29, 0.717) is 5.41 Å². The van der Waals surface area contributed by atoms with Gasteiger partial charge in [0.1, 0.15) is 0 Å². The molecule has 0 aromatic rings. The van der Waals surface area contributed by atoms with Gasteiger partial charge in [-0.05, 0) is 25.7 Å². The molecular weight excluding hydrogens is 164 g/mol. The largest absolute Gasteiger partial charge is 0.353 e. The lowest BCUT2D eigenvalue weighted by atomic mass is 9.76. The van der Waals surface area contributed by atoms with E-state index in [1.807, 2.05) is 0 Å². The van der Waals surface area contributed by atoms with E-state index in [9.17, 15) is 0 Å². The van der Waals surface area contributed by atoms with E-state index < -0.39 is 0 Å². The van der Waals surface area contributed by atoms with Gasteiger partial charge in [-0.3, -0.25) is 0 Å². The smallest absolute Gasteiger partial charge is 0.173 e. The molecule has 0 N–H and O–H groups in total. The lowest BCUT2D eigenvalue weighted by molar-refractivity contribution is -0.233. The van der Waals surface area contributed by atoms with Crippen LogP contribution in [0, 0.1) is 5.41 Å². The van der Waals surface area contributed by atoms with E-state index >= 15 is 0 Å². The van der Waals surface area contributed by atoms with Crippen molar-refractivity contribution in [2.75, 3.05) is 13.7 Å². The fraction of sp³-hybridized carbons (Fsp3) is 1.00. The third-order valence-corrected chi connectivity index (χ3v) is 3.94. The van der Waals surface area contributed by atoms with Crippen molar-refractivity contribution >= 4 is 0 Å². The van der Waals surface area contributed by atoms with E-state index in [0.717, 1.165) is 13.0 Å². The van der Waals surface area contributed by atoms with E-state index in [2.05, 4.69) is 6.92 Å². The zero-order valence-corrected chi connectivity index (χ0v) is 8.77. The molecule has 2 unspecified atom stereocenters. The van der Waals surface area contributed by atoms with Crippen molar-refractivity contribution < 1.29 is 9.47 Å². The Kier molecular flexibility index (Phi) is 2.37. The van der Waals surface area contributed by atoms with Crippen molar-refractivity contribution in [3.63, 3.8) is 0 Å². The van der Waals surface area contributed by atoms with Gasteiger partial charge in [-0.2, -0.15) is 0 Å². The van der Waals surface area contributed by atoms with Gasteiger partial charge in [0, 0.05) is 18.9 Å². The van der Waals surface area contributed by atoms with Crippen LogP contribution in [0.15, 0.2) is 0 Å². The first kappa shape index (κ1) is 9.47. The SMILES string of the molecule is CCCC12CCCC1(OC)OCC2.